The normalized spacial score (nSPS) is 12.4. The van der Waals surface area contributed by atoms with Crippen molar-refractivity contribution in [3.8, 4) is 11.4 Å². The van der Waals surface area contributed by atoms with Gasteiger partial charge in [-0.25, -0.2) is 4.79 Å². The second kappa shape index (κ2) is 5.96. The molecular weight excluding hydrogens is 276 g/mol. The van der Waals surface area contributed by atoms with Gasteiger partial charge in [-0.15, -0.1) is 0 Å². The second-order valence-electron chi connectivity index (χ2n) is 4.67. The predicted molar refractivity (Wildman–Crippen MR) is 76.5 cm³/mol. The maximum atomic E-state index is 12.0. The van der Waals surface area contributed by atoms with E-state index in [4.69, 9.17) is 17.0 Å². The lowest BCUT2D eigenvalue weighted by molar-refractivity contribution is -0.146. The summed E-state index contributed by atoms with van der Waals surface area (Å²) in [7, 11) is 1.37. The summed E-state index contributed by atoms with van der Waals surface area (Å²) in [5.74, 6) is 0.279. The fourth-order valence-electron chi connectivity index (χ4n) is 2.06. The van der Waals surface area contributed by atoms with Gasteiger partial charge in [-0.2, -0.15) is 5.10 Å². The molecule has 7 heteroatoms. The number of carbonyl (C=O) groups is 1. The van der Waals surface area contributed by atoms with Gasteiger partial charge in [0.2, 0.25) is 0 Å². The minimum absolute atomic E-state index is 0.0207. The van der Waals surface area contributed by atoms with Gasteiger partial charge < -0.3 is 4.74 Å². The van der Waals surface area contributed by atoms with Gasteiger partial charge in [-0.1, -0.05) is 13.8 Å². The fourth-order valence-corrected chi connectivity index (χ4v) is 2.31. The van der Waals surface area contributed by atoms with E-state index >= 15 is 0 Å². The van der Waals surface area contributed by atoms with Crippen molar-refractivity contribution in [2.75, 3.05) is 7.11 Å². The van der Waals surface area contributed by atoms with E-state index in [0.29, 0.717) is 10.6 Å². The van der Waals surface area contributed by atoms with Gasteiger partial charge >= 0.3 is 5.97 Å². The highest BCUT2D eigenvalue weighted by Crippen LogP contribution is 2.26. The number of nitrogens with one attached hydrogen (secondary N) is 1. The summed E-state index contributed by atoms with van der Waals surface area (Å²) < 4.78 is 6.97. The molecule has 2 aromatic rings. The number of pyridine rings is 1. The third-order valence-corrected chi connectivity index (χ3v) is 3.28. The Hall–Kier alpha value is -2.02. The van der Waals surface area contributed by atoms with Crippen LogP contribution in [0.15, 0.2) is 24.5 Å². The van der Waals surface area contributed by atoms with Crippen molar-refractivity contribution in [1.29, 1.82) is 0 Å². The SMILES string of the molecule is COC(=O)C(C(C)C)n1c(-c2ccncc2)n[nH]c1=S. The van der Waals surface area contributed by atoms with Crippen LogP contribution in [0.2, 0.25) is 0 Å². The summed E-state index contributed by atoms with van der Waals surface area (Å²) in [5.41, 5.74) is 0.835. The van der Waals surface area contributed by atoms with E-state index in [1.165, 1.54) is 7.11 Å². The van der Waals surface area contributed by atoms with Gasteiger partial charge in [-0.05, 0) is 30.3 Å². The number of H-pyrrole nitrogens is 1. The van der Waals surface area contributed by atoms with Gasteiger partial charge in [-0.3, -0.25) is 14.6 Å². The molecule has 0 aliphatic heterocycles. The van der Waals surface area contributed by atoms with E-state index in [2.05, 4.69) is 15.2 Å². The Kier molecular flexibility index (Phi) is 4.29. The van der Waals surface area contributed by atoms with Gasteiger partial charge in [0.25, 0.3) is 0 Å². The number of hydrogen-bond acceptors (Lipinski definition) is 5. The molecule has 2 rings (SSSR count). The van der Waals surface area contributed by atoms with Crippen molar-refractivity contribution < 1.29 is 9.53 Å². The molecule has 0 amide bonds. The van der Waals surface area contributed by atoms with Crippen LogP contribution >= 0.6 is 12.2 Å². The Bertz CT molecular complexity index is 648. The third-order valence-electron chi connectivity index (χ3n) is 3.00. The zero-order valence-electron chi connectivity index (χ0n) is 11.5. The van der Waals surface area contributed by atoms with Gasteiger partial charge in [0.15, 0.2) is 10.6 Å². The molecule has 0 aliphatic rings. The van der Waals surface area contributed by atoms with E-state index in [-0.39, 0.29) is 11.9 Å². The molecule has 2 heterocycles. The lowest BCUT2D eigenvalue weighted by Gasteiger charge is -2.21. The van der Waals surface area contributed by atoms with Crippen molar-refractivity contribution in [2.24, 2.45) is 5.92 Å². The topological polar surface area (TPSA) is 72.8 Å². The van der Waals surface area contributed by atoms with Crippen LogP contribution in [0.5, 0.6) is 0 Å². The Morgan fingerprint density at radius 3 is 2.60 bits per heavy atom. The minimum atomic E-state index is -0.519. The smallest absolute Gasteiger partial charge is 0.329 e. The summed E-state index contributed by atoms with van der Waals surface area (Å²) in [6.07, 6.45) is 3.33. The van der Waals surface area contributed by atoms with E-state index in [1.807, 2.05) is 26.0 Å². The number of rotatable bonds is 4. The van der Waals surface area contributed by atoms with E-state index in [1.54, 1.807) is 17.0 Å². The Labute approximate surface area is 121 Å². The lowest BCUT2D eigenvalue weighted by atomic mass is 10.0. The van der Waals surface area contributed by atoms with Crippen molar-refractivity contribution in [3.63, 3.8) is 0 Å². The molecule has 0 aliphatic carbocycles. The highest BCUT2D eigenvalue weighted by molar-refractivity contribution is 7.71. The Morgan fingerprint density at radius 2 is 2.05 bits per heavy atom. The molecule has 1 N–H and O–H groups in total. The largest absolute Gasteiger partial charge is 0.467 e. The molecule has 0 aromatic carbocycles. The standard InChI is InChI=1S/C13H16N4O2S/c1-8(2)10(12(18)19-3)17-11(15-16-13(17)20)9-4-6-14-7-5-9/h4-8,10H,1-3H3,(H,16,20). The molecule has 0 fully saturated rings. The molecule has 0 radical (unpaired) electrons. The van der Waals surface area contributed by atoms with E-state index in [9.17, 15) is 4.79 Å². The Morgan fingerprint density at radius 1 is 1.40 bits per heavy atom. The van der Waals surface area contributed by atoms with Crippen LogP contribution in [0, 0.1) is 10.7 Å². The van der Waals surface area contributed by atoms with Crippen molar-refractivity contribution in [1.82, 2.24) is 19.7 Å². The molecule has 20 heavy (non-hydrogen) atoms. The molecule has 1 unspecified atom stereocenters. The quantitative estimate of drug-likeness (QED) is 0.692. The first kappa shape index (κ1) is 14.4. The molecule has 2 aromatic heterocycles. The van der Waals surface area contributed by atoms with Gasteiger partial charge in [0.05, 0.1) is 7.11 Å². The third kappa shape index (κ3) is 2.62. The molecule has 1 atom stereocenters. The van der Waals surface area contributed by atoms with Crippen LogP contribution < -0.4 is 0 Å². The monoisotopic (exact) mass is 292 g/mol. The average Bonchev–Trinajstić information content (AvgIpc) is 2.81. The summed E-state index contributed by atoms with van der Waals surface area (Å²) in [5, 5.41) is 6.95. The molecule has 0 bridgehead atoms. The zero-order chi connectivity index (χ0) is 14.7. The van der Waals surface area contributed by atoms with Crippen LogP contribution in [0.3, 0.4) is 0 Å². The first-order chi connectivity index (χ1) is 9.56. The minimum Gasteiger partial charge on any atom is -0.467 e. The summed E-state index contributed by atoms with van der Waals surface area (Å²) in [4.78, 5) is 16.0. The number of carbonyl (C=O) groups excluding carboxylic acids is 1. The maximum absolute atomic E-state index is 12.0. The molecule has 6 nitrogen and oxygen atoms in total. The number of esters is 1. The second-order valence-corrected chi connectivity index (χ2v) is 5.06. The van der Waals surface area contributed by atoms with E-state index in [0.717, 1.165) is 5.56 Å². The van der Waals surface area contributed by atoms with Crippen LogP contribution in [-0.2, 0) is 9.53 Å². The lowest BCUT2D eigenvalue weighted by Crippen LogP contribution is -2.26. The van der Waals surface area contributed by atoms with Crippen LogP contribution in [0.4, 0.5) is 0 Å². The number of nitrogens with zero attached hydrogens (tertiary/aromatic N) is 3. The Balaban J connectivity index is 2.59. The zero-order valence-corrected chi connectivity index (χ0v) is 12.3. The molecular formula is C13H16N4O2S. The number of ether oxygens (including phenoxy) is 1. The number of methoxy groups -OCH3 is 1. The predicted octanol–water partition coefficient (Wildman–Crippen LogP) is 2.37. The molecule has 0 saturated carbocycles. The summed E-state index contributed by atoms with van der Waals surface area (Å²) in [6.45, 7) is 3.87. The van der Waals surface area contributed by atoms with Crippen LogP contribution in [-0.4, -0.2) is 32.8 Å². The van der Waals surface area contributed by atoms with Crippen LogP contribution in [0.1, 0.15) is 19.9 Å². The average molecular weight is 292 g/mol. The highest BCUT2D eigenvalue weighted by Gasteiger charge is 2.28. The first-order valence-electron chi connectivity index (χ1n) is 6.21. The van der Waals surface area contributed by atoms with Crippen molar-refractivity contribution in [2.45, 2.75) is 19.9 Å². The summed E-state index contributed by atoms with van der Waals surface area (Å²) >= 11 is 5.26. The fraction of sp³-hybridized carbons (Fsp3) is 0.385. The summed E-state index contributed by atoms with van der Waals surface area (Å²) in [6, 6.07) is 3.11. The number of aromatic nitrogens is 4. The molecule has 106 valence electrons. The van der Waals surface area contributed by atoms with Crippen molar-refractivity contribution >= 4 is 18.2 Å². The molecule has 0 spiro atoms. The first-order valence-corrected chi connectivity index (χ1v) is 6.62. The van der Waals surface area contributed by atoms with Gasteiger partial charge in [0.1, 0.15) is 6.04 Å². The number of aromatic amines is 1. The maximum Gasteiger partial charge on any atom is 0.329 e. The van der Waals surface area contributed by atoms with Crippen molar-refractivity contribution in [3.05, 3.63) is 29.3 Å². The number of hydrogen-bond donors (Lipinski definition) is 1. The van der Waals surface area contributed by atoms with Gasteiger partial charge in [0, 0.05) is 18.0 Å². The van der Waals surface area contributed by atoms with E-state index < -0.39 is 6.04 Å². The van der Waals surface area contributed by atoms with Crippen LogP contribution in [0.25, 0.3) is 11.4 Å². The molecule has 0 saturated heterocycles. The highest BCUT2D eigenvalue weighted by atomic mass is 32.1.